The molecule has 0 aliphatic heterocycles. The van der Waals surface area contributed by atoms with E-state index in [-0.39, 0.29) is 12.0 Å². The quantitative estimate of drug-likeness (QED) is 0.317. The van der Waals surface area contributed by atoms with Gasteiger partial charge in [0.1, 0.15) is 22.6 Å². The fraction of sp³-hybridized carbons (Fsp3) is 0.250. The number of aromatic nitrogens is 4. The monoisotopic (exact) mass is 328 g/mol. The smallest absolute Gasteiger partial charge is 0.308 e. The summed E-state index contributed by atoms with van der Waals surface area (Å²) in [5.74, 6) is 0.200. The van der Waals surface area contributed by atoms with E-state index in [1.807, 2.05) is 29.0 Å². The summed E-state index contributed by atoms with van der Waals surface area (Å²) in [6.45, 7) is 3.44. The van der Waals surface area contributed by atoms with Crippen LogP contribution in [0.1, 0.15) is 25.5 Å². The minimum absolute atomic E-state index is 0.000106. The normalized spacial score (nSPS) is 12.3. The molecule has 1 atom stereocenters. The first-order valence-corrected chi connectivity index (χ1v) is 8.32. The number of ether oxygens (including phenoxy) is 1. The highest BCUT2D eigenvalue weighted by Gasteiger charge is 2.15. The Kier molecular flexibility index (Phi) is 4.29. The highest BCUT2D eigenvalue weighted by molar-refractivity contribution is 7.98. The Morgan fingerprint density at radius 2 is 2.13 bits per heavy atom. The third-order valence-corrected chi connectivity index (χ3v) is 4.22. The maximum Gasteiger partial charge on any atom is 0.308 e. The number of benzene rings is 1. The van der Waals surface area contributed by atoms with Gasteiger partial charge in [0.2, 0.25) is 0 Å². The van der Waals surface area contributed by atoms with E-state index in [2.05, 4.69) is 21.9 Å². The van der Waals surface area contributed by atoms with Crippen LogP contribution in [0.5, 0.6) is 5.75 Å². The fourth-order valence-electron chi connectivity index (χ4n) is 2.43. The van der Waals surface area contributed by atoms with Crippen molar-refractivity contribution in [3.63, 3.8) is 0 Å². The standard InChI is InChI=1S/C16H16N4O2S/c1-10(12-5-4-6-13(7-12)22-11(2)21)20-9-19-14-15(20)17-8-18-16(14)23-3/h4-10H,1-3H3. The summed E-state index contributed by atoms with van der Waals surface area (Å²) >= 11 is 1.54. The topological polar surface area (TPSA) is 69.9 Å². The second-order valence-corrected chi connectivity index (χ2v) is 5.84. The lowest BCUT2D eigenvalue weighted by Gasteiger charge is -2.15. The number of carbonyl (C=O) groups excluding carboxylic acids is 1. The molecule has 3 rings (SSSR count). The molecule has 0 aliphatic carbocycles. The molecule has 0 bridgehead atoms. The Morgan fingerprint density at radius 1 is 1.30 bits per heavy atom. The van der Waals surface area contributed by atoms with Gasteiger partial charge in [0.25, 0.3) is 0 Å². The lowest BCUT2D eigenvalue weighted by atomic mass is 10.1. The Hall–Kier alpha value is -2.41. The van der Waals surface area contributed by atoms with Gasteiger partial charge < -0.3 is 9.30 Å². The van der Waals surface area contributed by atoms with Gasteiger partial charge >= 0.3 is 5.97 Å². The van der Waals surface area contributed by atoms with E-state index < -0.39 is 0 Å². The summed E-state index contributed by atoms with van der Waals surface area (Å²) in [4.78, 5) is 24.1. The SMILES string of the molecule is CSc1ncnc2c1ncn2C(C)c1cccc(OC(C)=O)c1. The molecule has 2 heterocycles. The molecule has 0 amide bonds. The van der Waals surface area contributed by atoms with Gasteiger partial charge in [0.05, 0.1) is 12.4 Å². The predicted molar refractivity (Wildman–Crippen MR) is 88.7 cm³/mol. The summed E-state index contributed by atoms with van der Waals surface area (Å²) in [6, 6.07) is 7.47. The van der Waals surface area contributed by atoms with Gasteiger partial charge in [-0.3, -0.25) is 4.79 Å². The molecule has 0 radical (unpaired) electrons. The molecule has 7 heteroatoms. The zero-order chi connectivity index (χ0) is 16.4. The van der Waals surface area contributed by atoms with Gasteiger partial charge in [-0.1, -0.05) is 12.1 Å². The van der Waals surface area contributed by atoms with Crippen LogP contribution in [-0.4, -0.2) is 31.7 Å². The molecule has 2 aromatic heterocycles. The maximum atomic E-state index is 11.1. The van der Waals surface area contributed by atoms with E-state index in [4.69, 9.17) is 4.74 Å². The molecule has 0 spiro atoms. The first-order valence-electron chi connectivity index (χ1n) is 7.10. The minimum atomic E-state index is -0.333. The first-order chi connectivity index (χ1) is 11.1. The summed E-state index contributed by atoms with van der Waals surface area (Å²) in [5.41, 5.74) is 2.59. The van der Waals surface area contributed by atoms with Crippen molar-refractivity contribution in [1.29, 1.82) is 0 Å². The molecule has 1 unspecified atom stereocenters. The van der Waals surface area contributed by atoms with E-state index in [0.29, 0.717) is 5.75 Å². The molecular weight excluding hydrogens is 312 g/mol. The van der Waals surface area contributed by atoms with Crippen LogP contribution < -0.4 is 4.74 Å². The highest BCUT2D eigenvalue weighted by Crippen LogP contribution is 2.27. The largest absolute Gasteiger partial charge is 0.427 e. The van der Waals surface area contributed by atoms with Crippen molar-refractivity contribution in [3.8, 4) is 5.75 Å². The fourth-order valence-corrected chi connectivity index (χ4v) is 2.92. The highest BCUT2D eigenvalue weighted by atomic mass is 32.2. The van der Waals surface area contributed by atoms with E-state index in [9.17, 15) is 4.79 Å². The van der Waals surface area contributed by atoms with Crippen LogP contribution in [0.4, 0.5) is 0 Å². The maximum absolute atomic E-state index is 11.1. The molecule has 1 aromatic carbocycles. The van der Waals surface area contributed by atoms with Crippen molar-refractivity contribution >= 4 is 28.9 Å². The Morgan fingerprint density at radius 3 is 2.87 bits per heavy atom. The van der Waals surface area contributed by atoms with Crippen LogP contribution in [0, 0.1) is 0 Å². The number of nitrogens with zero attached hydrogens (tertiary/aromatic N) is 4. The summed E-state index contributed by atoms with van der Waals surface area (Å²) in [7, 11) is 0. The molecule has 6 nitrogen and oxygen atoms in total. The number of hydrogen-bond donors (Lipinski definition) is 0. The lowest BCUT2D eigenvalue weighted by Crippen LogP contribution is -2.07. The predicted octanol–water partition coefficient (Wildman–Crippen LogP) is 3.08. The second-order valence-electron chi connectivity index (χ2n) is 5.05. The Labute approximate surface area is 137 Å². The molecule has 0 aliphatic rings. The number of thioether (sulfide) groups is 1. The number of imidazole rings is 1. The summed E-state index contributed by atoms with van der Waals surface area (Å²) < 4.78 is 7.14. The summed E-state index contributed by atoms with van der Waals surface area (Å²) in [5, 5.41) is 0.856. The van der Waals surface area contributed by atoms with E-state index >= 15 is 0 Å². The van der Waals surface area contributed by atoms with Crippen molar-refractivity contribution in [2.75, 3.05) is 6.26 Å². The molecule has 3 aromatic rings. The average Bonchev–Trinajstić information content (AvgIpc) is 2.97. The van der Waals surface area contributed by atoms with Crippen LogP contribution >= 0.6 is 11.8 Å². The van der Waals surface area contributed by atoms with Crippen molar-refractivity contribution in [3.05, 3.63) is 42.5 Å². The number of esters is 1. The van der Waals surface area contributed by atoms with Gasteiger partial charge in [-0.05, 0) is 30.9 Å². The van der Waals surface area contributed by atoms with Gasteiger partial charge in [-0.15, -0.1) is 11.8 Å². The van der Waals surface area contributed by atoms with Gasteiger partial charge in [-0.2, -0.15) is 0 Å². The van der Waals surface area contributed by atoms with Gasteiger partial charge in [0, 0.05) is 6.92 Å². The zero-order valence-corrected chi connectivity index (χ0v) is 13.9. The molecule has 0 fully saturated rings. The van der Waals surface area contributed by atoms with Gasteiger partial charge in [-0.25, -0.2) is 15.0 Å². The molecule has 0 saturated heterocycles. The first kappa shape index (κ1) is 15.5. The number of fused-ring (bicyclic) bond motifs is 1. The average molecular weight is 328 g/mol. The second kappa shape index (κ2) is 6.37. The lowest BCUT2D eigenvalue weighted by molar-refractivity contribution is -0.131. The summed E-state index contributed by atoms with van der Waals surface area (Å²) in [6.07, 6.45) is 5.28. The van der Waals surface area contributed by atoms with Crippen LogP contribution in [0.3, 0.4) is 0 Å². The van der Waals surface area contributed by atoms with Crippen LogP contribution in [0.15, 0.2) is 41.9 Å². The van der Waals surface area contributed by atoms with Crippen molar-refractivity contribution < 1.29 is 9.53 Å². The van der Waals surface area contributed by atoms with Gasteiger partial charge in [0.15, 0.2) is 5.65 Å². The molecule has 23 heavy (non-hydrogen) atoms. The van der Waals surface area contributed by atoms with Crippen LogP contribution in [0.25, 0.3) is 11.2 Å². The van der Waals surface area contributed by atoms with Crippen molar-refractivity contribution in [2.45, 2.75) is 24.9 Å². The van der Waals surface area contributed by atoms with Crippen molar-refractivity contribution in [1.82, 2.24) is 19.5 Å². The Balaban J connectivity index is 2.00. The molecule has 0 N–H and O–H groups in total. The van der Waals surface area contributed by atoms with Crippen molar-refractivity contribution in [2.24, 2.45) is 0 Å². The third kappa shape index (κ3) is 3.05. The van der Waals surface area contributed by atoms with E-state index in [1.54, 1.807) is 30.5 Å². The molecular formula is C16H16N4O2S. The number of rotatable bonds is 4. The van der Waals surface area contributed by atoms with Crippen LogP contribution in [-0.2, 0) is 4.79 Å². The number of hydrogen-bond acceptors (Lipinski definition) is 6. The third-order valence-electron chi connectivity index (χ3n) is 3.54. The zero-order valence-electron chi connectivity index (χ0n) is 13.1. The minimum Gasteiger partial charge on any atom is -0.427 e. The Bertz CT molecular complexity index is 862. The van der Waals surface area contributed by atoms with Crippen LogP contribution in [0.2, 0.25) is 0 Å². The molecule has 118 valence electrons. The number of carbonyl (C=O) groups is 1. The van der Waals surface area contributed by atoms with E-state index in [0.717, 1.165) is 21.8 Å². The molecule has 0 saturated carbocycles. The van der Waals surface area contributed by atoms with E-state index in [1.165, 1.54) is 6.92 Å².